The maximum absolute atomic E-state index is 12.7. The Morgan fingerprint density at radius 1 is 1.18 bits per heavy atom. The number of cyclic esters (lactones) is 1. The second-order valence-electron chi connectivity index (χ2n) is 7.48. The number of esters is 1. The van der Waals surface area contributed by atoms with E-state index in [-0.39, 0.29) is 12.1 Å². The first-order valence-corrected chi connectivity index (χ1v) is 9.49. The highest BCUT2D eigenvalue weighted by molar-refractivity contribution is 5.79. The van der Waals surface area contributed by atoms with Crippen molar-refractivity contribution in [1.29, 1.82) is 0 Å². The van der Waals surface area contributed by atoms with E-state index in [1.54, 1.807) is 17.2 Å². The van der Waals surface area contributed by atoms with E-state index < -0.39 is 5.41 Å². The summed E-state index contributed by atoms with van der Waals surface area (Å²) in [5, 5.41) is 12.2. The number of anilines is 1. The zero-order chi connectivity index (χ0) is 19.0. The summed E-state index contributed by atoms with van der Waals surface area (Å²) >= 11 is 0. The van der Waals surface area contributed by atoms with E-state index in [1.165, 1.54) is 0 Å². The fourth-order valence-electron chi connectivity index (χ4n) is 4.23. The number of benzene rings is 1. The Balaban J connectivity index is 1.28. The summed E-state index contributed by atoms with van der Waals surface area (Å²) < 4.78 is 9.40. The number of aromatic nitrogens is 6. The van der Waals surface area contributed by atoms with Crippen LogP contribution in [0.15, 0.2) is 49.1 Å². The third-order valence-electron chi connectivity index (χ3n) is 5.76. The van der Waals surface area contributed by atoms with E-state index in [1.807, 2.05) is 41.1 Å². The van der Waals surface area contributed by atoms with E-state index in [0.717, 1.165) is 38.0 Å². The molecule has 0 bridgehead atoms. The molecule has 3 aromatic rings. The average molecular weight is 379 g/mol. The Hall–Kier alpha value is -3.23. The van der Waals surface area contributed by atoms with Crippen molar-refractivity contribution in [3.05, 3.63) is 49.1 Å². The summed E-state index contributed by atoms with van der Waals surface area (Å²) in [7, 11) is 0. The molecule has 2 aliphatic heterocycles. The minimum atomic E-state index is -0.396. The van der Waals surface area contributed by atoms with Gasteiger partial charge in [-0.25, -0.2) is 4.98 Å². The molecule has 0 N–H and O–H groups in total. The van der Waals surface area contributed by atoms with Gasteiger partial charge in [-0.3, -0.25) is 4.79 Å². The fourth-order valence-corrected chi connectivity index (χ4v) is 4.23. The molecule has 1 aromatic carbocycles. The standard InChI is InChI=1S/C19H21N7O2/c27-17-19(12-16(28-17)13-24-11-8-20-14-24)6-9-25(10-7-19)18-21-22-23-26(18)15-4-2-1-3-5-15/h1-5,8,11,14,16H,6-7,9-10,12-13H2. The van der Waals surface area contributed by atoms with Gasteiger partial charge in [0.2, 0.25) is 5.95 Å². The first kappa shape index (κ1) is 16.9. The van der Waals surface area contributed by atoms with Gasteiger partial charge in [-0.15, -0.1) is 0 Å². The molecule has 0 aliphatic carbocycles. The van der Waals surface area contributed by atoms with Crippen LogP contribution in [0.25, 0.3) is 5.69 Å². The number of para-hydroxylation sites is 1. The summed E-state index contributed by atoms with van der Waals surface area (Å²) in [6, 6.07) is 9.83. The van der Waals surface area contributed by atoms with Crippen LogP contribution in [0.4, 0.5) is 5.95 Å². The number of hydrogen-bond acceptors (Lipinski definition) is 7. The smallest absolute Gasteiger partial charge is 0.312 e. The van der Waals surface area contributed by atoms with Gasteiger partial charge in [0.15, 0.2) is 0 Å². The van der Waals surface area contributed by atoms with Crippen molar-refractivity contribution >= 4 is 11.9 Å². The number of tetrazole rings is 1. The van der Waals surface area contributed by atoms with Gasteiger partial charge in [0, 0.05) is 31.9 Å². The van der Waals surface area contributed by atoms with Crippen LogP contribution in [-0.2, 0) is 16.1 Å². The molecule has 1 atom stereocenters. The predicted molar refractivity (Wildman–Crippen MR) is 99.8 cm³/mol. The molecule has 4 heterocycles. The molecule has 2 aromatic heterocycles. The van der Waals surface area contributed by atoms with Crippen molar-refractivity contribution in [2.24, 2.45) is 5.41 Å². The summed E-state index contributed by atoms with van der Waals surface area (Å²) in [5.74, 6) is 0.641. The van der Waals surface area contributed by atoms with Crippen molar-refractivity contribution in [1.82, 2.24) is 29.8 Å². The Morgan fingerprint density at radius 2 is 2.00 bits per heavy atom. The van der Waals surface area contributed by atoms with Gasteiger partial charge in [0.25, 0.3) is 0 Å². The molecule has 2 fully saturated rings. The minimum absolute atomic E-state index is 0.0695. The molecule has 2 aliphatic rings. The second-order valence-corrected chi connectivity index (χ2v) is 7.48. The Morgan fingerprint density at radius 3 is 2.75 bits per heavy atom. The predicted octanol–water partition coefficient (Wildman–Crippen LogP) is 1.46. The number of carbonyl (C=O) groups is 1. The first-order valence-electron chi connectivity index (χ1n) is 9.49. The topological polar surface area (TPSA) is 91.0 Å². The average Bonchev–Trinajstić information content (AvgIpc) is 3.46. The van der Waals surface area contributed by atoms with Gasteiger partial charge in [0.05, 0.1) is 24.0 Å². The molecule has 1 spiro atoms. The molecule has 9 heteroatoms. The van der Waals surface area contributed by atoms with Gasteiger partial charge in [0.1, 0.15) is 6.10 Å². The molecule has 5 rings (SSSR count). The van der Waals surface area contributed by atoms with Gasteiger partial charge < -0.3 is 14.2 Å². The number of imidazole rings is 1. The molecule has 2 saturated heterocycles. The zero-order valence-corrected chi connectivity index (χ0v) is 15.4. The zero-order valence-electron chi connectivity index (χ0n) is 15.4. The molecule has 0 saturated carbocycles. The lowest BCUT2D eigenvalue weighted by Crippen LogP contribution is -2.43. The van der Waals surface area contributed by atoms with Crippen molar-refractivity contribution < 1.29 is 9.53 Å². The number of hydrogen-bond donors (Lipinski definition) is 0. The lowest BCUT2D eigenvalue weighted by atomic mass is 9.76. The maximum Gasteiger partial charge on any atom is 0.312 e. The highest BCUT2D eigenvalue weighted by Crippen LogP contribution is 2.44. The number of ether oxygens (including phenoxy) is 1. The van der Waals surface area contributed by atoms with Crippen LogP contribution in [0.2, 0.25) is 0 Å². The lowest BCUT2D eigenvalue weighted by molar-refractivity contribution is -0.150. The summed E-state index contributed by atoms with van der Waals surface area (Å²) in [4.78, 5) is 18.9. The van der Waals surface area contributed by atoms with E-state index in [4.69, 9.17) is 4.74 Å². The van der Waals surface area contributed by atoms with Gasteiger partial charge >= 0.3 is 5.97 Å². The Kier molecular flexibility index (Phi) is 4.07. The number of piperidine rings is 1. The highest BCUT2D eigenvalue weighted by Gasteiger charge is 2.50. The third kappa shape index (κ3) is 2.92. The van der Waals surface area contributed by atoms with Crippen molar-refractivity contribution in [3.63, 3.8) is 0 Å². The molecule has 144 valence electrons. The van der Waals surface area contributed by atoms with E-state index in [2.05, 4.69) is 25.4 Å². The molecule has 9 nitrogen and oxygen atoms in total. The SMILES string of the molecule is O=C1OC(Cn2ccnc2)CC12CCN(c1nnnn1-c1ccccc1)CC2. The summed E-state index contributed by atoms with van der Waals surface area (Å²) in [5.41, 5.74) is 0.524. The van der Waals surface area contributed by atoms with E-state index in [0.29, 0.717) is 12.5 Å². The van der Waals surface area contributed by atoms with Crippen LogP contribution >= 0.6 is 0 Å². The first-order chi connectivity index (χ1) is 13.7. The van der Waals surface area contributed by atoms with Gasteiger partial charge in [-0.2, -0.15) is 4.68 Å². The molecule has 0 radical (unpaired) electrons. The molecule has 1 unspecified atom stereocenters. The van der Waals surface area contributed by atoms with Crippen LogP contribution < -0.4 is 4.90 Å². The molecule has 0 amide bonds. The molecular formula is C19H21N7O2. The lowest BCUT2D eigenvalue weighted by Gasteiger charge is -2.36. The Labute approximate surface area is 161 Å². The number of rotatable bonds is 4. The number of nitrogens with zero attached hydrogens (tertiary/aromatic N) is 7. The summed E-state index contributed by atoms with van der Waals surface area (Å²) in [6.45, 7) is 2.10. The normalized spacial score (nSPS) is 21.2. The molecular weight excluding hydrogens is 358 g/mol. The third-order valence-corrected chi connectivity index (χ3v) is 5.76. The van der Waals surface area contributed by atoms with Crippen LogP contribution in [0.3, 0.4) is 0 Å². The van der Waals surface area contributed by atoms with Crippen LogP contribution in [0.1, 0.15) is 19.3 Å². The fraction of sp³-hybridized carbons (Fsp3) is 0.421. The van der Waals surface area contributed by atoms with E-state index >= 15 is 0 Å². The maximum atomic E-state index is 12.7. The van der Waals surface area contributed by atoms with Gasteiger partial charge in [-0.05, 0) is 35.4 Å². The van der Waals surface area contributed by atoms with Crippen molar-refractivity contribution in [2.75, 3.05) is 18.0 Å². The molecule has 28 heavy (non-hydrogen) atoms. The van der Waals surface area contributed by atoms with E-state index in [9.17, 15) is 4.79 Å². The highest BCUT2D eigenvalue weighted by atomic mass is 16.6. The number of carbonyl (C=O) groups excluding carboxylic acids is 1. The quantitative estimate of drug-likeness (QED) is 0.634. The largest absolute Gasteiger partial charge is 0.460 e. The second kappa shape index (κ2) is 6.74. The Bertz CT molecular complexity index is 946. The van der Waals surface area contributed by atoms with Crippen LogP contribution in [0, 0.1) is 5.41 Å². The minimum Gasteiger partial charge on any atom is -0.460 e. The summed E-state index contributed by atoms with van der Waals surface area (Å²) in [6.07, 6.45) is 7.53. The van der Waals surface area contributed by atoms with Crippen molar-refractivity contribution in [3.8, 4) is 5.69 Å². The monoisotopic (exact) mass is 379 g/mol. The van der Waals surface area contributed by atoms with Crippen LogP contribution in [-0.4, -0.2) is 54.9 Å². The van der Waals surface area contributed by atoms with Gasteiger partial charge in [-0.1, -0.05) is 23.3 Å². The van der Waals surface area contributed by atoms with Crippen molar-refractivity contribution in [2.45, 2.75) is 31.9 Å². The van der Waals surface area contributed by atoms with Crippen LogP contribution in [0.5, 0.6) is 0 Å².